The number of halogens is 1. The minimum atomic E-state index is -0.806. The van der Waals surface area contributed by atoms with Gasteiger partial charge >= 0.3 is 0 Å². The lowest BCUT2D eigenvalue weighted by molar-refractivity contribution is -0.0864. The first-order chi connectivity index (χ1) is 13.3. The van der Waals surface area contributed by atoms with Crippen LogP contribution in [0.4, 0.5) is 4.39 Å². The molecule has 0 unspecified atom stereocenters. The van der Waals surface area contributed by atoms with E-state index < -0.39 is 5.60 Å². The topological polar surface area (TPSA) is 71.5 Å². The molecule has 28 heavy (non-hydrogen) atoms. The summed E-state index contributed by atoms with van der Waals surface area (Å²) in [7, 11) is 0. The zero-order valence-electron chi connectivity index (χ0n) is 16.3. The van der Waals surface area contributed by atoms with E-state index in [1.54, 1.807) is 24.3 Å². The molecule has 1 heterocycles. The summed E-state index contributed by atoms with van der Waals surface area (Å²) < 4.78 is 18.9. The number of carbonyl (C=O) groups is 1. The predicted molar refractivity (Wildman–Crippen MR) is 105 cm³/mol. The second kappa shape index (κ2) is 8.80. The molecular formula is C22H27FN2O3. The molecule has 0 atom stereocenters. The van der Waals surface area contributed by atoms with Crippen molar-refractivity contribution in [2.24, 2.45) is 0 Å². The van der Waals surface area contributed by atoms with Gasteiger partial charge in [0.2, 0.25) is 0 Å². The molecule has 1 aliphatic carbocycles. The Morgan fingerprint density at radius 3 is 2.68 bits per heavy atom. The largest absolute Gasteiger partial charge is 0.387 e. The smallest absolute Gasteiger partial charge is 0.253 e. The minimum absolute atomic E-state index is 0.0229. The van der Waals surface area contributed by atoms with E-state index >= 15 is 0 Å². The van der Waals surface area contributed by atoms with Crippen molar-refractivity contribution in [2.45, 2.75) is 57.3 Å². The lowest BCUT2D eigenvalue weighted by atomic mass is 9.82. The summed E-state index contributed by atoms with van der Waals surface area (Å²) in [6.45, 7) is 4.22. The molecule has 1 saturated carbocycles. The summed E-state index contributed by atoms with van der Waals surface area (Å²) >= 11 is 0. The Hall–Kier alpha value is -2.31. The van der Waals surface area contributed by atoms with Crippen LogP contribution < -0.4 is 5.32 Å². The Morgan fingerprint density at radius 1 is 1.32 bits per heavy atom. The summed E-state index contributed by atoms with van der Waals surface area (Å²) in [6.07, 6.45) is 4.20. The molecule has 6 heteroatoms. The molecule has 2 aromatic rings. The molecular weight excluding hydrogens is 359 g/mol. The number of aromatic nitrogens is 1. The van der Waals surface area contributed by atoms with Gasteiger partial charge in [0.15, 0.2) is 0 Å². The number of rotatable bonds is 6. The number of benzene rings is 1. The third-order valence-corrected chi connectivity index (χ3v) is 5.08. The Balaban J connectivity index is 1.54. The zero-order chi connectivity index (χ0) is 20.1. The highest BCUT2D eigenvalue weighted by Gasteiger charge is 2.34. The predicted octanol–water partition coefficient (Wildman–Crippen LogP) is 3.72. The number of hydrogen-bond donors (Lipinski definition) is 2. The highest BCUT2D eigenvalue weighted by Crippen LogP contribution is 2.29. The zero-order valence-corrected chi connectivity index (χ0v) is 16.3. The van der Waals surface area contributed by atoms with Crippen molar-refractivity contribution < 1.29 is 19.0 Å². The highest BCUT2D eigenvalue weighted by atomic mass is 19.1. The number of hydrogen-bond acceptors (Lipinski definition) is 4. The molecule has 1 fully saturated rings. The van der Waals surface area contributed by atoms with Crippen molar-refractivity contribution in [1.29, 1.82) is 0 Å². The molecule has 0 spiro atoms. The number of pyridine rings is 1. The van der Waals surface area contributed by atoms with E-state index in [0.29, 0.717) is 49.1 Å². The fourth-order valence-corrected chi connectivity index (χ4v) is 3.38. The van der Waals surface area contributed by atoms with Gasteiger partial charge in [-0.3, -0.25) is 9.78 Å². The van der Waals surface area contributed by atoms with Crippen LogP contribution in [-0.4, -0.2) is 40.4 Å². The van der Waals surface area contributed by atoms with Gasteiger partial charge in [0, 0.05) is 17.8 Å². The molecule has 150 valence electrons. The molecule has 1 aromatic carbocycles. The van der Waals surface area contributed by atoms with E-state index in [1.165, 1.54) is 18.3 Å². The van der Waals surface area contributed by atoms with E-state index in [0.717, 1.165) is 0 Å². The SMILES string of the molecule is CC(C)OCC1(O)CCC(NC(=O)c2ccc(-c3cccc(F)c3)nc2)CC1. The van der Waals surface area contributed by atoms with E-state index in [9.17, 15) is 14.3 Å². The highest BCUT2D eigenvalue weighted by molar-refractivity contribution is 5.94. The molecule has 2 N–H and O–H groups in total. The van der Waals surface area contributed by atoms with E-state index in [-0.39, 0.29) is 23.9 Å². The van der Waals surface area contributed by atoms with Crippen molar-refractivity contribution in [3.63, 3.8) is 0 Å². The van der Waals surface area contributed by atoms with Crippen LogP contribution in [-0.2, 0) is 4.74 Å². The van der Waals surface area contributed by atoms with Crippen LogP contribution in [0.1, 0.15) is 49.9 Å². The van der Waals surface area contributed by atoms with Gasteiger partial charge in [0.1, 0.15) is 5.82 Å². The summed E-state index contributed by atoms with van der Waals surface area (Å²) in [5.41, 5.74) is 0.940. The van der Waals surface area contributed by atoms with Crippen LogP contribution in [0.3, 0.4) is 0 Å². The second-order valence-electron chi connectivity index (χ2n) is 7.77. The maximum atomic E-state index is 13.3. The van der Waals surface area contributed by atoms with Gasteiger partial charge in [-0.15, -0.1) is 0 Å². The van der Waals surface area contributed by atoms with E-state index in [1.807, 2.05) is 13.8 Å². The second-order valence-corrected chi connectivity index (χ2v) is 7.77. The lowest BCUT2D eigenvalue weighted by Gasteiger charge is -2.36. The van der Waals surface area contributed by atoms with Crippen LogP contribution in [0.25, 0.3) is 11.3 Å². The lowest BCUT2D eigenvalue weighted by Crippen LogP contribution is -2.46. The summed E-state index contributed by atoms with van der Waals surface area (Å²) in [4.78, 5) is 16.8. The molecule has 3 rings (SSSR count). The average Bonchev–Trinajstić information content (AvgIpc) is 2.69. The van der Waals surface area contributed by atoms with Crippen LogP contribution in [0.15, 0.2) is 42.6 Å². The monoisotopic (exact) mass is 386 g/mol. The number of nitrogens with zero attached hydrogens (tertiary/aromatic N) is 1. The van der Waals surface area contributed by atoms with Gasteiger partial charge < -0.3 is 15.2 Å². The molecule has 5 nitrogen and oxygen atoms in total. The standard InChI is InChI=1S/C22H27FN2O3/c1-15(2)28-14-22(27)10-8-19(9-11-22)25-21(26)17-6-7-20(24-13-17)16-4-3-5-18(23)12-16/h3-7,12-13,15,19,27H,8-11,14H2,1-2H3,(H,25,26). The molecule has 1 aliphatic rings. The number of carbonyl (C=O) groups excluding carboxylic acids is 1. The van der Waals surface area contributed by atoms with Gasteiger partial charge in [-0.25, -0.2) is 4.39 Å². The van der Waals surface area contributed by atoms with Gasteiger partial charge in [0.05, 0.1) is 29.6 Å². The summed E-state index contributed by atoms with van der Waals surface area (Å²) in [5, 5.41) is 13.6. The maximum Gasteiger partial charge on any atom is 0.253 e. The van der Waals surface area contributed by atoms with Crippen molar-refractivity contribution in [1.82, 2.24) is 10.3 Å². The fourth-order valence-electron chi connectivity index (χ4n) is 3.38. The molecule has 0 saturated heterocycles. The molecule has 1 amide bonds. The Kier molecular flexibility index (Phi) is 6.42. The van der Waals surface area contributed by atoms with Crippen molar-refractivity contribution in [3.8, 4) is 11.3 Å². The van der Waals surface area contributed by atoms with Gasteiger partial charge in [-0.1, -0.05) is 12.1 Å². The molecule has 0 aliphatic heterocycles. The minimum Gasteiger partial charge on any atom is -0.387 e. The van der Waals surface area contributed by atoms with Gasteiger partial charge in [-0.05, 0) is 63.8 Å². The number of amides is 1. The molecule has 0 bridgehead atoms. The third kappa shape index (κ3) is 5.36. The van der Waals surface area contributed by atoms with Crippen LogP contribution in [0.2, 0.25) is 0 Å². The Bertz CT molecular complexity index is 800. The third-order valence-electron chi connectivity index (χ3n) is 5.08. The van der Waals surface area contributed by atoms with Gasteiger partial charge in [0.25, 0.3) is 5.91 Å². The number of aliphatic hydroxyl groups is 1. The van der Waals surface area contributed by atoms with Crippen molar-refractivity contribution >= 4 is 5.91 Å². The van der Waals surface area contributed by atoms with Crippen LogP contribution in [0.5, 0.6) is 0 Å². The fraction of sp³-hybridized carbons (Fsp3) is 0.455. The quantitative estimate of drug-likeness (QED) is 0.794. The van der Waals surface area contributed by atoms with E-state index in [2.05, 4.69) is 10.3 Å². The normalized spacial score (nSPS) is 22.2. The van der Waals surface area contributed by atoms with Gasteiger partial charge in [-0.2, -0.15) is 0 Å². The first-order valence-corrected chi connectivity index (χ1v) is 9.71. The molecule has 0 radical (unpaired) electrons. The van der Waals surface area contributed by atoms with Crippen LogP contribution in [0, 0.1) is 5.82 Å². The first kappa shape index (κ1) is 20.4. The first-order valence-electron chi connectivity index (χ1n) is 9.71. The van der Waals surface area contributed by atoms with E-state index in [4.69, 9.17) is 4.74 Å². The van der Waals surface area contributed by atoms with Crippen molar-refractivity contribution in [3.05, 3.63) is 54.0 Å². The Morgan fingerprint density at radius 2 is 2.07 bits per heavy atom. The summed E-state index contributed by atoms with van der Waals surface area (Å²) in [5.74, 6) is -0.510. The summed E-state index contributed by atoms with van der Waals surface area (Å²) in [6, 6.07) is 9.63. The number of nitrogens with one attached hydrogen (secondary N) is 1. The van der Waals surface area contributed by atoms with Crippen molar-refractivity contribution in [2.75, 3.05) is 6.61 Å². The Labute approximate surface area is 165 Å². The maximum absolute atomic E-state index is 13.3. The average molecular weight is 386 g/mol. The number of ether oxygens (including phenoxy) is 1. The molecule has 1 aromatic heterocycles. The van der Waals surface area contributed by atoms with Crippen LogP contribution >= 0.6 is 0 Å².